The average Bonchev–Trinajstić information content (AvgIpc) is 3.53. The lowest BCUT2D eigenvalue weighted by molar-refractivity contribution is -0.200. The first-order valence-electron chi connectivity index (χ1n) is 22.7. The molecule has 0 bridgehead atoms. The van der Waals surface area contributed by atoms with Crippen LogP contribution in [-0.2, 0) is 9.53 Å². The first kappa shape index (κ1) is 43.1. The molecule has 7 rings (SSSR count). The van der Waals surface area contributed by atoms with Crippen LogP contribution in [0.5, 0.6) is 0 Å². The highest BCUT2D eigenvalue weighted by atomic mass is 16.5. The normalized spacial score (nSPS) is 48.2. The van der Waals surface area contributed by atoms with Crippen molar-refractivity contribution in [3.8, 4) is 0 Å². The summed E-state index contributed by atoms with van der Waals surface area (Å²) in [6.45, 7) is 10.4. The summed E-state index contributed by atoms with van der Waals surface area (Å²) in [4.78, 5) is 15.1. The first-order chi connectivity index (χ1) is 26.4. The number of ketones is 1. The molecule has 4 saturated carbocycles. The fraction of sp³-hybridized carbons (Fsp3) is 0.933. The van der Waals surface area contributed by atoms with Crippen LogP contribution < -0.4 is 11.1 Å². The van der Waals surface area contributed by atoms with Crippen LogP contribution >= 0.6 is 0 Å². The molecule has 0 spiro atoms. The minimum atomic E-state index is -1.61. The highest BCUT2D eigenvalue weighted by Crippen LogP contribution is 2.71. The number of nitrogens with two attached hydrogens (primary N) is 1. The van der Waals surface area contributed by atoms with Gasteiger partial charge in [-0.3, -0.25) is 4.79 Å². The number of aliphatic hydroxyl groups is 7. The minimum absolute atomic E-state index is 0.0377. The van der Waals surface area contributed by atoms with Gasteiger partial charge in [-0.25, -0.2) is 0 Å². The summed E-state index contributed by atoms with van der Waals surface area (Å²) in [6, 6.07) is 0. The molecule has 11 heteroatoms. The Morgan fingerprint density at radius 2 is 1.68 bits per heavy atom. The highest BCUT2D eigenvalue weighted by molar-refractivity contribution is 6.00. The van der Waals surface area contributed by atoms with Crippen molar-refractivity contribution in [1.29, 1.82) is 0 Å². The van der Waals surface area contributed by atoms with Gasteiger partial charge in [-0.2, -0.15) is 0 Å². The summed E-state index contributed by atoms with van der Waals surface area (Å²) in [7, 11) is 0. The number of aliphatic hydroxyl groups excluding tert-OH is 5. The molecule has 11 nitrogen and oxygen atoms in total. The Balaban J connectivity index is 1.23. The van der Waals surface area contributed by atoms with E-state index in [0.717, 1.165) is 45.1 Å². The number of ether oxygens (including phenoxy) is 1. The maximum atomic E-state index is 15.1. The third kappa shape index (κ3) is 7.11. The summed E-state index contributed by atoms with van der Waals surface area (Å²) in [5.41, 5.74) is 2.27. The van der Waals surface area contributed by atoms with Crippen molar-refractivity contribution in [3.63, 3.8) is 0 Å². The minimum Gasteiger partial charge on any atom is -0.391 e. The first-order valence-corrected chi connectivity index (χ1v) is 22.7. The Morgan fingerprint density at radius 3 is 2.36 bits per heavy atom. The predicted octanol–water partition coefficient (Wildman–Crippen LogP) is 3.86. The summed E-state index contributed by atoms with van der Waals surface area (Å²) < 4.78 is 6.71. The molecule has 5 aliphatic carbocycles. The van der Waals surface area contributed by atoms with Crippen molar-refractivity contribution in [1.82, 2.24) is 5.32 Å². The van der Waals surface area contributed by atoms with E-state index >= 15 is 4.79 Å². The Bertz CT molecular complexity index is 1450. The SMILES string of the molecule is CCCC1CCC2OC(C(O)C(C)(O)C3CCC4(O)C5=C(CC(O)C(C)O)C(=O)C6CC(O)C(O)CC6(CCC6CCC(N)NC6)C5CCC34C)C(C)C2CC1. The average molecular weight is 789 g/mol. The van der Waals surface area contributed by atoms with Crippen molar-refractivity contribution in [2.75, 3.05) is 6.54 Å². The van der Waals surface area contributed by atoms with Crippen molar-refractivity contribution >= 4 is 5.78 Å². The fourth-order valence-corrected chi connectivity index (χ4v) is 14.3. The number of rotatable bonds is 11. The molecule has 0 aromatic carbocycles. The zero-order valence-corrected chi connectivity index (χ0v) is 34.9. The van der Waals surface area contributed by atoms with Gasteiger partial charge >= 0.3 is 0 Å². The molecule has 19 atom stereocenters. The largest absolute Gasteiger partial charge is 0.391 e. The van der Waals surface area contributed by atoms with Crippen LogP contribution in [0.3, 0.4) is 0 Å². The van der Waals surface area contributed by atoms with E-state index in [1.54, 1.807) is 6.92 Å². The number of carbonyl (C=O) groups excluding carboxylic acids is 1. The van der Waals surface area contributed by atoms with Crippen LogP contribution in [0, 0.1) is 52.3 Å². The Kier molecular flexibility index (Phi) is 12.4. The van der Waals surface area contributed by atoms with E-state index in [0.29, 0.717) is 54.6 Å². The number of Topliss-reactive ketones (excluding diaryl/α,β-unsaturated/α-hetero) is 1. The second-order valence-electron chi connectivity index (χ2n) is 20.7. The third-order valence-electron chi connectivity index (χ3n) is 17.7. The second kappa shape index (κ2) is 16.1. The maximum absolute atomic E-state index is 15.1. The molecule has 2 aliphatic heterocycles. The lowest BCUT2D eigenvalue weighted by Crippen LogP contribution is -2.65. The number of hydrogen-bond acceptors (Lipinski definition) is 11. The van der Waals surface area contributed by atoms with Crippen LogP contribution in [-0.4, -0.2) is 108 Å². The van der Waals surface area contributed by atoms with E-state index < -0.39 is 70.5 Å². The smallest absolute Gasteiger partial charge is 0.162 e. The standard InChI is InChI=1S/C45H76N2O9/c1-6-7-26-8-11-28-24(2)40(56-35(28)12-9-26)41(53)43(5,54)36-16-19-45(55)38-29(20-32(49)25(3)48)39(52)31-21-33(50)34(51)22-44(31,30(38)15-17-42(36,45)4)18-14-27-10-13-37(46)47-23-27/h24-28,30-37,40-41,47-51,53-55H,6-23,46H2,1-5H3. The maximum Gasteiger partial charge on any atom is 0.162 e. The lowest BCUT2D eigenvalue weighted by atomic mass is 9.42. The van der Waals surface area contributed by atoms with Gasteiger partial charge in [0.1, 0.15) is 6.10 Å². The molecule has 6 fully saturated rings. The van der Waals surface area contributed by atoms with Crippen molar-refractivity contribution in [2.45, 2.75) is 204 Å². The molecule has 0 aromatic heterocycles. The van der Waals surface area contributed by atoms with E-state index in [4.69, 9.17) is 10.5 Å². The molecule has 10 N–H and O–H groups in total. The number of hydrogen-bond donors (Lipinski definition) is 9. The van der Waals surface area contributed by atoms with Gasteiger partial charge in [-0.05, 0) is 150 Å². The quantitative estimate of drug-likeness (QED) is 0.147. The molecule has 56 heavy (non-hydrogen) atoms. The molecular formula is C45H76N2O9. The van der Waals surface area contributed by atoms with Crippen LogP contribution in [0.25, 0.3) is 0 Å². The van der Waals surface area contributed by atoms with Crippen LogP contribution in [0.1, 0.15) is 144 Å². The van der Waals surface area contributed by atoms with E-state index in [-0.39, 0.29) is 55.6 Å². The van der Waals surface area contributed by atoms with Gasteiger partial charge in [0.05, 0.1) is 54.0 Å². The predicted molar refractivity (Wildman–Crippen MR) is 213 cm³/mol. The number of nitrogens with one attached hydrogen (secondary N) is 1. The zero-order valence-electron chi connectivity index (χ0n) is 34.9. The Morgan fingerprint density at radius 1 is 0.964 bits per heavy atom. The highest BCUT2D eigenvalue weighted by Gasteiger charge is 2.71. The van der Waals surface area contributed by atoms with E-state index in [1.807, 2.05) is 6.92 Å². The number of fused-ring (bicyclic) bond motifs is 6. The van der Waals surface area contributed by atoms with Gasteiger partial charge in [-0.15, -0.1) is 0 Å². The molecule has 0 amide bonds. The molecule has 0 radical (unpaired) electrons. The van der Waals surface area contributed by atoms with Gasteiger partial charge in [0.2, 0.25) is 0 Å². The summed E-state index contributed by atoms with van der Waals surface area (Å²) in [6.07, 6.45) is 5.89. The van der Waals surface area contributed by atoms with Crippen LogP contribution in [0.15, 0.2) is 11.1 Å². The summed E-state index contributed by atoms with van der Waals surface area (Å²) in [5.74, 6) is -0.209. The molecule has 320 valence electrons. The van der Waals surface area contributed by atoms with Crippen molar-refractivity contribution in [3.05, 3.63) is 11.1 Å². The molecule has 7 aliphatic rings. The van der Waals surface area contributed by atoms with Crippen LogP contribution in [0.2, 0.25) is 0 Å². The topological polar surface area (TPSA) is 206 Å². The Labute approximate surface area is 335 Å². The van der Waals surface area contributed by atoms with Crippen LogP contribution in [0.4, 0.5) is 0 Å². The molecule has 19 unspecified atom stereocenters. The molecule has 2 heterocycles. The number of piperidine rings is 1. The summed E-state index contributed by atoms with van der Waals surface area (Å²) >= 11 is 0. The van der Waals surface area contributed by atoms with E-state index in [9.17, 15) is 35.7 Å². The van der Waals surface area contributed by atoms with Gasteiger partial charge in [0, 0.05) is 23.3 Å². The van der Waals surface area contributed by atoms with Gasteiger partial charge in [0.25, 0.3) is 0 Å². The second-order valence-corrected chi connectivity index (χ2v) is 20.7. The number of carbonyl (C=O) groups is 1. The lowest BCUT2D eigenvalue weighted by Gasteiger charge is -2.63. The van der Waals surface area contributed by atoms with E-state index in [1.165, 1.54) is 26.2 Å². The zero-order chi connectivity index (χ0) is 40.5. The summed E-state index contributed by atoms with van der Waals surface area (Å²) in [5, 5.41) is 85.9. The van der Waals surface area contributed by atoms with Gasteiger partial charge in [0.15, 0.2) is 5.78 Å². The molecular weight excluding hydrogens is 712 g/mol. The van der Waals surface area contributed by atoms with Crippen molar-refractivity contribution in [2.24, 2.45) is 58.0 Å². The van der Waals surface area contributed by atoms with E-state index in [2.05, 4.69) is 19.2 Å². The van der Waals surface area contributed by atoms with Gasteiger partial charge in [-0.1, -0.05) is 40.0 Å². The van der Waals surface area contributed by atoms with Gasteiger partial charge < -0.3 is 51.5 Å². The van der Waals surface area contributed by atoms with Crippen molar-refractivity contribution < 1.29 is 45.3 Å². The third-order valence-corrected chi connectivity index (χ3v) is 17.7. The molecule has 2 saturated heterocycles. The molecule has 0 aromatic rings. The monoisotopic (exact) mass is 789 g/mol. The Hall–Kier alpha value is -0.990. The fourth-order valence-electron chi connectivity index (χ4n) is 14.3.